The summed E-state index contributed by atoms with van der Waals surface area (Å²) in [6.07, 6.45) is -1.51. The minimum Gasteiger partial charge on any atom is -0.452 e. The molecule has 0 spiro atoms. The topological polar surface area (TPSA) is 55.8 Å². The molecule has 0 saturated carbocycles. The summed E-state index contributed by atoms with van der Waals surface area (Å²) >= 11 is 3.29. The first kappa shape index (κ1) is 14.5. The lowest BCUT2D eigenvalue weighted by Crippen LogP contribution is -2.40. The molecule has 1 unspecified atom stereocenters. The lowest BCUT2D eigenvalue weighted by atomic mass is 10.1. The first-order valence-electron chi connectivity index (χ1n) is 5.21. The molecule has 0 aliphatic heterocycles. The average Bonchev–Trinajstić information content (AvgIpc) is 2.44. The van der Waals surface area contributed by atoms with Gasteiger partial charge in [-0.25, -0.2) is 14.5 Å². The van der Waals surface area contributed by atoms with Crippen molar-refractivity contribution >= 4 is 28.1 Å². The minimum absolute atomic E-state index is 0.390. The summed E-state index contributed by atoms with van der Waals surface area (Å²) in [7, 11) is 2.43. The van der Waals surface area contributed by atoms with E-state index >= 15 is 0 Å². The smallest absolute Gasteiger partial charge is 0.419 e. The molecule has 0 heterocycles. The molecule has 0 aromatic heterocycles. The van der Waals surface area contributed by atoms with Crippen LogP contribution in [0.1, 0.15) is 11.6 Å². The van der Waals surface area contributed by atoms with E-state index in [-0.39, 0.29) is 0 Å². The van der Waals surface area contributed by atoms with Crippen LogP contribution in [0.4, 0.5) is 9.59 Å². The second-order valence-electron chi connectivity index (χ2n) is 3.39. The van der Waals surface area contributed by atoms with Gasteiger partial charge in [-0.3, -0.25) is 0 Å². The largest absolute Gasteiger partial charge is 0.452 e. The fraction of sp³-hybridized carbons (Fsp3) is 0.333. The molecule has 5 nitrogen and oxygen atoms in total. The molecule has 1 rings (SSSR count). The third kappa shape index (κ3) is 3.22. The van der Waals surface area contributed by atoms with E-state index in [0.717, 1.165) is 10.5 Å². The predicted molar refractivity (Wildman–Crippen MR) is 69.6 cm³/mol. The SMILES string of the molecule is COC(=O)N(C(=O)OC)C(CBr)c1ccccc1. The van der Waals surface area contributed by atoms with Crippen LogP contribution in [0.5, 0.6) is 0 Å². The number of nitrogens with zero attached hydrogens (tertiary/aromatic N) is 1. The number of carbonyl (C=O) groups is 2. The number of ether oxygens (including phenoxy) is 2. The van der Waals surface area contributed by atoms with Gasteiger partial charge in [-0.1, -0.05) is 46.3 Å². The van der Waals surface area contributed by atoms with Gasteiger partial charge in [0, 0.05) is 5.33 Å². The number of carbonyl (C=O) groups excluding carboxylic acids is 2. The number of halogens is 1. The number of imide groups is 1. The Morgan fingerprint density at radius 2 is 1.67 bits per heavy atom. The maximum absolute atomic E-state index is 11.7. The molecule has 0 bridgehead atoms. The van der Waals surface area contributed by atoms with Crippen LogP contribution in [0.3, 0.4) is 0 Å². The summed E-state index contributed by atoms with van der Waals surface area (Å²) in [6, 6.07) is 8.69. The Labute approximate surface area is 114 Å². The number of amides is 2. The molecular weight excluding hydrogens is 302 g/mol. The summed E-state index contributed by atoms with van der Waals surface area (Å²) < 4.78 is 9.21. The Morgan fingerprint density at radius 1 is 1.17 bits per heavy atom. The van der Waals surface area contributed by atoms with Crippen molar-refractivity contribution in [2.45, 2.75) is 6.04 Å². The molecule has 0 aliphatic carbocycles. The quantitative estimate of drug-likeness (QED) is 0.805. The lowest BCUT2D eigenvalue weighted by molar-refractivity contribution is 0.0865. The normalized spacial score (nSPS) is 11.5. The van der Waals surface area contributed by atoms with Crippen molar-refractivity contribution in [1.82, 2.24) is 4.90 Å². The zero-order chi connectivity index (χ0) is 13.5. The zero-order valence-electron chi connectivity index (χ0n) is 10.1. The maximum atomic E-state index is 11.7. The molecule has 0 aliphatic rings. The summed E-state index contributed by atoms with van der Waals surface area (Å²) in [5.74, 6) is 0. The van der Waals surface area contributed by atoms with Gasteiger partial charge in [-0.2, -0.15) is 0 Å². The van der Waals surface area contributed by atoms with Crippen molar-refractivity contribution in [2.24, 2.45) is 0 Å². The molecule has 6 heteroatoms. The van der Waals surface area contributed by atoms with Crippen molar-refractivity contribution < 1.29 is 19.1 Å². The van der Waals surface area contributed by atoms with Gasteiger partial charge in [0.15, 0.2) is 0 Å². The number of benzene rings is 1. The fourth-order valence-electron chi connectivity index (χ4n) is 1.51. The first-order valence-corrected chi connectivity index (χ1v) is 6.33. The number of alkyl halides is 1. The summed E-state index contributed by atoms with van der Waals surface area (Å²) in [6.45, 7) is 0. The highest BCUT2D eigenvalue weighted by Crippen LogP contribution is 2.24. The van der Waals surface area contributed by atoms with Crippen LogP contribution in [0.15, 0.2) is 30.3 Å². The van der Waals surface area contributed by atoms with Crippen molar-refractivity contribution in [1.29, 1.82) is 0 Å². The van der Waals surface area contributed by atoms with Crippen LogP contribution in [0.25, 0.3) is 0 Å². The van der Waals surface area contributed by atoms with Crippen LogP contribution in [-0.4, -0.2) is 36.6 Å². The van der Waals surface area contributed by atoms with Gasteiger partial charge in [0.1, 0.15) is 0 Å². The van der Waals surface area contributed by atoms with Gasteiger partial charge in [0.2, 0.25) is 0 Å². The van der Waals surface area contributed by atoms with Gasteiger partial charge in [-0.15, -0.1) is 0 Å². The summed E-state index contributed by atoms with van der Waals surface area (Å²) in [5.41, 5.74) is 0.810. The van der Waals surface area contributed by atoms with E-state index in [1.807, 2.05) is 30.3 Å². The zero-order valence-corrected chi connectivity index (χ0v) is 11.7. The van der Waals surface area contributed by atoms with Gasteiger partial charge < -0.3 is 9.47 Å². The van der Waals surface area contributed by atoms with Crippen LogP contribution >= 0.6 is 15.9 Å². The molecule has 1 atom stereocenters. The van der Waals surface area contributed by atoms with Crippen molar-refractivity contribution in [2.75, 3.05) is 19.5 Å². The molecule has 98 valence electrons. The standard InChI is InChI=1S/C12H14BrNO4/c1-17-11(15)14(12(16)18-2)10(8-13)9-6-4-3-5-7-9/h3-7,10H,8H2,1-2H3. The van der Waals surface area contributed by atoms with Crippen LogP contribution in [-0.2, 0) is 9.47 Å². The first-order chi connectivity index (χ1) is 8.65. The minimum atomic E-state index is -0.754. The predicted octanol–water partition coefficient (Wildman–Crippen LogP) is 2.96. The highest BCUT2D eigenvalue weighted by molar-refractivity contribution is 9.09. The maximum Gasteiger partial charge on any atom is 0.419 e. The number of hydrogen-bond acceptors (Lipinski definition) is 4. The molecule has 1 aromatic rings. The third-order valence-electron chi connectivity index (χ3n) is 2.38. The molecule has 1 aromatic carbocycles. The molecule has 0 N–H and O–H groups in total. The second kappa shape index (κ2) is 7.00. The Balaban J connectivity index is 3.09. The molecule has 18 heavy (non-hydrogen) atoms. The molecule has 2 amide bonds. The Kier molecular flexibility index (Phi) is 5.64. The summed E-state index contributed by atoms with van der Waals surface area (Å²) in [5, 5.41) is 0.390. The highest BCUT2D eigenvalue weighted by atomic mass is 79.9. The van der Waals surface area contributed by atoms with Gasteiger partial charge in [-0.05, 0) is 5.56 Å². The van der Waals surface area contributed by atoms with Gasteiger partial charge in [0.25, 0.3) is 0 Å². The Morgan fingerprint density at radius 3 is 2.06 bits per heavy atom. The lowest BCUT2D eigenvalue weighted by Gasteiger charge is -2.26. The molecular formula is C12H14BrNO4. The van der Waals surface area contributed by atoms with E-state index in [2.05, 4.69) is 25.4 Å². The van der Waals surface area contributed by atoms with Crippen LogP contribution in [0.2, 0.25) is 0 Å². The van der Waals surface area contributed by atoms with Crippen LogP contribution < -0.4 is 0 Å². The number of rotatable bonds is 3. The van der Waals surface area contributed by atoms with E-state index in [1.54, 1.807) is 0 Å². The van der Waals surface area contributed by atoms with Gasteiger partial charge >= 0.3 is 12.2 Å². The molecule has 0 saturated heterocycles. The van der Waals surface area contributed by atoms with Crippen LogP contribution in [0, 0.1) is 0 Å². The number of methoxy groups -OCH3 is 2. The summed E-state index contributed by atoms with van der Waals surface area (Å²) in [4.78, 5) is 24.3. The van der Waals surface area contributed by atoms with Crippen molar-refractivity contribution in [3.63, 3.8) is 0 Å². The monoisotopic (exact) mass is 315 g/mol. The van der Waals surface area contributed by atoms with E-state index in [0.29, 0.717) is 5.33 Å². The molecule has 0 fully saturated rings. The van der Waals surface area contributed by atoms with Gasteiger partial charge in [0.05, 0.1) is 20.3 Å². The van der Waals surface area contributed by atoms with Crippen molar-refractivity contribution in [3.05, 3.63) is 35.9 Å². The second-order valence-corrected chi connectivity index (χ2v) is 4.04. The van der Waals surface area contributed by atoms with E-state index in [9.17, 15) is 9.59 Å². The van der Waals surface area contributed by atoms with E-state index in [1.165, 1.54) is 14.2 Å². The highest BCUT2D eigenvalue weighted by Gasteiger charge is 2.32. The Hall–Kier alpha value is -1.56. The number of hydrogen-bond donors (Lipinski definition) is 0. The van der Waals surface area contributed by atoms with E-state index in [4.69, 9.17) is 0 Å². The fourth-order valence-corrected chi connectivity index (χ4v) is 2.17. The molecule has 0 radical (unpaired) electrons. The average molecular weight is 316 g/mol. The van der Waals surface area contributed by atoms with Crippen molar-refractivity contribution in [3.8, 4) is 0 Å². The third-order valence-corrected chi connectivity index (χ3v) is 3.00. The Bertz CT molecular complexity index is 394. The van der Waals surface area contributed by atoms with E-state index < -0.39 is 18.2 Å².